The van der Waals surface area contributed by atoms with Crippen molar-refractivity contribution in [3.8, 4) is 0 Å². The van der Waals surface area contributed by atoms with E-state index in [9.17, 15) is 0 Å². The van der Waals surface area contributed by atoms with E-state index in [-0.39, 0.29) is 11.5 Å². The summed E-state index contributed by atoms with van der Waals surface area (Å²) in [5.74, 6) is 0. The van der Waals surface area contributed by atoms with Crippen LogP contribution in [-0.4, -0.2) is 34.8 Å². The van der Waals surface area contributed by atoms with Crippen LogP contribution in [0.1, 0.15) is 51.3 Å². The molecule has 1 aromatic rings. The molecule has 2 rings (SSSR count). The van der Waals surface area contributed by atoms with Crippen LogP contribution in [0.5, 0.6) is 0 Å². The first kappa shape index (κ1) is 20.2. The Morgan fingerprint density at radius 1 is 1.32 bits per heavy atom. The summed E-state index contributed by atoms with van der Waals surface area (Å²) in [6.07, 6.45) is 2.91. The largest absolute Gasteiger partial charge is 0.415 e. The number of likely N-dealkylation sites (N-methyl/N-ethyl adjacent to an activating group) is 1. The molecule has 1 aliphatic heterocycles. The topological polar surface area (TPSA) is 21.7 Å². The standard InChI is InChI=1S/C21H34NO2Si/c1-8-13-23-19-14-16(15-24-25(6)7)22(9-2)20-17(19)11-10-12-18(20)21(3,4)5/h8,10-12,16,19H,1,9,13-15H2,2-7H3. The van der Waals surface area contributed by atoms with Crippen LogP contribution in [0.25, 0.3) is 0 Å². The number of benzene rings is 1. The van der Waals surface area contributed by atoms with Crippen molar-refractivity contribution in [1.82, 2.24) is 0 Å². The molecule has 1 aromatic carbocycles. The lowest BCUT2D eigenvalue weighted by Gasteiger charge is -2.44. The van der Waals surface area contributed by atoms with Crippen molar-refractivity contribution in [3.05, 3.63) is 42.0 Å². The summed E-state index contributed by atoms with van der Waals surface area (Å²) in [5.41, 5.74) is 4.15. The van der Waals surface area contributed by atoms with Gasteiger partial charge in [0.15, 0.2) is 0 Å². The highest BCUT2D eigenvalue weighted by molar-refractivity contribution is 6.48. The van der Waals surface area contributed by atoms with Crippen LogP contribution < -0.4 is 4.90 Å². The number of ether oxygens (including phenoxy) is 1. The molecule has 1 aliphatic rings. The van der Waals surface area contributed by atoms with E-state index in [2.05, 4.69) is 70.5 Å². The molecule has 1 heterocycles. The predicted molar refractivity (Wildman–Crippen MR) is 109 cm³/mol. The Labute approximate surface area is 155 Å². The van der Waals surface area contributed by atoms with Gasteiger partial charge >= 0.3 is 0 Å². The number of rotatable bonds is 7. The van der Waals surface area contributed by atoms with Crippen molar-refractivity contribution >= 4 is 14.7 Å². The first-order valence-corrected chi connectivity index (χ1v) is 11.8. The molecule has 3 nitrogen and oxygen atoms in total. The van der Waals surface area contributed by atoms with E-state index in [4.69, 9.17) is 9.16 Å². The summed E-state index contributed by atoms with van der Waals surface area (Å²) in [4.78, 5) is 2.54. The number of hydrogen-bond donors (Lipinski definition) is 0. The van der Waals surface area contributed by atoms with Crippen molar-refractivity contribution in [2.75, 3.05) is 24.7 Å². The fraction of sp³-hybridized carbons (Fsp3) is 0.619. The number of nitrogens with zero attached hydrogens (tertiary/aromatic N) is 1. The van der Waals surface area contributed by atoms with Gasteiger partial charge in [0.1, 0.15) is 0 Å². The maximum atomic E-state index is 6.16. The normalized spacial score (nSPS) is 20.7. The van der Waals surface area contributed by atoms with Crippen LogP contribution in [0.4, 0.5) is 5.69 Å². The van der Waals surface area contributed by atoms with Crippen LogP contribution in [0, 0.1) is 0 Å². The highest BCUT2D eigenvalue weighted by Crippen LogP contribution is 2.44. The van der Waals surface area contributed by atoms with Gasteiger partial charge in [-0.1, -0.05) is 45.0 Å². The highest BCUT2D eigenvalue weighted by atomic mass is 28.3. The Kier molecular flexibility index (Phi) is 6.89. The third kappa shape index (κ3) is 4.75. The summed E-state index contributed by atoms with van der Waals surface area (Å²) in [5, 5.41) is 0. The molecule has 0 N–H and O–H groups in total. The Hall–Kier alpha value is -1.10. The van der Waals surface area contributed by atoms with Crippen molar-refractivity contribution < 1.29 is 9.16 Å². The zero-order chi connectivity index (χ0) is 18.6. The van der Waals surface area contributed by atoms with E-state index in [1.165, 1.54) is 16.8 Å². The van der Waals surface area contributed by atoms with E-state index >= 15 is 0 Å². The molecule has 2 atom stereocenters. The van der Waals surface area contributed by atoms with Crippen LogP contribution in [0.2, 0.25) is 13.1 Å². The first-order valence-electron chi connectivity index (χ1n) is 9.35. The minimum Gasteiger partial charge on any atom is -0.415 e. The average Bonchev–Trinajstić information content (AvgIpc) is 2.56. The summed E-state index contributed by atoms with van der Waals surface area (Å²) in [7, 11) is -0.697. The van der Waals surface area contributed by atoms with E-state index in [1.54, 1.807) is 0 Å². The van der Waals surface area contributed by atoms with Crippen molar-refractivity contribution in [3.63, 3.8) is 0 Å². The summed E-state index contributed by atoms with van der Waals surface area (Å²) in [6, 6.07) is 7.03. The molecule has 0 aliphatic carbocycles. The lowest BCUT2D eigenvalue weighted by atomic mass is 9.80. The molecular weight excluding hydrogens is 326 g/mol. The fourth-order valence-electron chi connectivity index (χ4n) is 3.61. The third-order valence-electron chi connectivity index (χ3n) is 4.76. The second kappa shape index (κ2) is 8.52. The molecule has 139 valence electrons. The number of anilines is 1. The molecule has 0 bridgehead atoms. The van der Waals surface area contributed by atoms with E-state index in [0.29, 0.717) is 12.6 Å². The summed E-state index contributed by atoms with van der Waals surface area (Å²) < 4.78 is 12.3. The molecule has 0 saturated heterocycles. The van der Waals surface area contributed by atoms with Crippen molar-refractivity contribution in [2.24, 2.45) is 0 Å². The third-order valence-corrected chi connectivity index (χ3v) is 5.50. The Morgan fingerprint density at radius 3 is 2.60 bits per heavy atom. The minimum atomic E-state index is -0.697. The molecule has 0 amide bonds. The number of fused-ring (bicyclic) bond motifs is 1. The van der Waals surface area contributed by atoms with Gasteiger partial charge < -0.3 is 14.1 Å². The second-order valence-corrected chi connectivity index (χ2v) is 10.1. The van der Waals surface area contributed by atoms with Gasteiger partial charge in [-0.25, -0.2) is 0 Å². The minimum absolute atomic E-state index is 0.0922. The maximum absolute atomic E-state index is 6.16. The van der Waals surface area contributed by atoms with Gasteiger partial charge in [0.25, 0.3) is 0 Å². The Bertz CT molecular complexity index is 580. The lowest BCUT2D eigenvalue weighted by molar-refractivity contribution is 0.0517. The average molecular weight is 361 g/mol. The number of hydrogen-bond acceptors (Lipinski definition) is 3. The quantitative estimate of drug-likeness (QED) is 0.499. The second-order valence-electron chi connectivity index (χ2n) is 8.00. The molecule has 2 unspecified atom stereocenters. The maximum Gasteiger partial charge on any atom is 0.205 e. The number of para-hydroxylation sites is 1. The summed E-state index contributed by atoms with van der Waals surface area (Å²) in [6.45, 7) is 19.7. The van der Waals surface area contributed by atoms with Crippen LogP contribution in [0.3, 0.4) is 0 Å². The molecule has 0 fully saturated rings. The molecule has 0 saturated carbocycles. The summed E-state index contributed by atoms with van der Waals surface area (Å²) >= 11 is 0. The predicted octanol–water partition coefficient (Wildman–Crippen LogP) is 5.09. The lowest BCUT2D eigenvalue weighted by Crippen LogP contribution is -2.45. The molecule has 1 radical (unpaired) electrons. The van der Waals surface area contributed by atoms with Gasteiger partial charge in [0.2, 0.25) is 9.04 Å². The van der Waals surface area contributed by atoms with Crippen LogP contribution in [0.15, 0.2) is 30.9 Å². The molecular formula is C21H34NO2Si. The molecule has 0 spiro atoms. The Morgan fingerprint density at radius 2 is 2.04 bits per heavy atom. The van der Waals surface area contributed by atoms with Gasteiger partial charge in [0, 0.05) is 24.2 Å². The van der Waals surface area contributed by atoms with E-state index in [1.807, 2.05) is 6.08 Å². The van der Waals surface area contributed by atoms with Crippen molar-refractivity contribution in [2.45, 2.75) is 64.8 Å². The van der Waals surface area contributed by atoms with Gasteiger partial charge in [-0.05, 0) is 31.0 Å². The molecule has 4 heteroatoms. The zero-order valence-corrected chi connectivity index (χ0v) is 17.8. The monoisotopic (exact) mass is 360 g/mol. The fourth-order valence-corrected chi connectivity index (χ4v) is 4.14. The van der Waals surface area contributed by atoms with Crippen LogP contribution >= 0.6 is 0 Å². The van der Waals surface area contributed by atoms with Gasteiger partial charge in [-0.15, -0.1) is 6.58 Å². The van der Waals surface area contributed by atoms with Crippen molar-refractivity contribution in [1.29, 1.82) is 0 Å². The molecule has 0 aromatic heterocycles. The van der Waals surface area contributed by atoms with E-state index in [0.717, 1.165) is 19.6 Å². The SMILES string of the molecule is C=CCOC1CC(CO[Si](C)C)N(CC)c2c1cccc2C(C)(C)C. The van der Waals surface area contributed by atoms with Gasteiger partial charge in [-0.3, -0.25) is 0 Å². The zero-order valence-electron chi connectivity index (χ0n) is 16.8. The van der Waals surface area contributed by atoms with Gasteiger partial charge in [0.05, 0.1) is 25.4 Å². The first-order chi connectivity index (χ1) is 11.8. The Balaban J connectivity index is 2.48. The highest BCUT2D eigenvalue weighted by Gasteiger charge is 2.36. The van der Waals surface area contributed by atoms with Crippen LogP contribution in [-0.2, 0) is 14.6 Å². The molecule has 25 heavy (non-hydrogen) atoms. The smallest absolute Gasteiger partial charge is 0.205 e. The van der Waals surface area contributed by atoms with Gasteiger partial charge in [-0.2, -0.15) is 0 Å². The van der Waals surface area contributed by atoms with E-state index < -0.39 is 9.04 Å².